The van der Waals surface area contributed by atoms with Gasteiger partial charge < -0.3 is 16.0 Å². The zero-order valence-electron chi connectivity index (χ0n) is 16.0. The van der Waals surface area contributed by atoms with Crippen molar-refractivity contribution in [1.29, 1.82) is 0 Å². The van der Waals surface area contributed by atoms with Gasteiger partial charge in [0.15, 0.2) is 11.6 Å². The summed E-state index contributed by atoms with van der Waals surface area (Å²) in [5.74, 6) is -2.55. The van der Waals surface area contributed by atoms with Gasteiger partial charge in [-0.05, 0) is 101 Å². The number of rotatable bonds is 6. The molecule has 0 aromatic heterocycles. The Morgan fingerprint density at radius 2 is 2.07 bits per heavy atom. The largest absolute Gasteiger partial charge is 0.352 e. The number of anilines is 2. The molecule has 3 rings (SSSR count). The monoisotopic (exact) mass is 577 g/mol. The molecular weight excluding hydrogens is 555 g/mol. The molecule has 0 radical (unpaired) electrons. The van der Waals surface area contributed by atoms with Crippen molar-refractivity contribution in [2.75, 3.05) is 18.4 Å². The Balaban J connectivity index is 1.80. The van der Waals surface area contributed by atoms with Gasteiger partial charge in [-0.15, -0.1) is 0 Å². The maximum absolute atomic E-state index is 14.7. The van der Waals surface area contributed by atoms with E-state index in [4.69, 9.17) is 0 Å². The van der Waals surface area contributed by atoms with E-state index in [2.05, 4.69) is 54.5 Å². The third-order valence-electron chi connectivity index (χ3n) is 5.05. The Bertz CT molecular complexity index is 904. The van der Waals surface area contributed by atoms with Gasteiger partial charge in [-0.1, -0.05) is 6.42 Å². The summed E-state index contributed by atoms with van der Waals surface area (Å²) in [6.45, 7) is 3.34. The fraction of sp³-hybridized carbons (Fsp3) is 0.381. The van der Waals surface area contributed by atoms with E-state index in [0.29, 0.717) is 18.3 Å². The van der Waals surface area contributed by atoms with E-state index >= 15 is 0 Å². The fourth-order valence-electron chi connectivity index (χ4n) is 3.42. The second-order valence-corrected chi connectivity index (χ2v) is 9.28. The number of hydrogen-bond donors (Lipinski definition) is 3. The van der Waals surface area contributed by atoms with Crippen LogP contribution in [0.25, 0.3) is 0 Å². The molecule has 1 aliphatic heterocycles. The van der Waals surface area contributed by atoms with Crippen molar-refractivity contribution in [3.63, 3.8) is 0 Å². The molecule has 0 spiro atoms. The summed E-state index contributed by atoms with van der Waals surface area (Å²) in [4.78, 5) is 12.8. The number of halogens is 4. The van der Waals surface area contributed by atoms with Gasteiger partial charge in [0.05, 0.1) is 15.7 Å². The molecule has 156 valence electrons. The van der Waals surface area contributed by atoms with Crippen molar-refractivity contribution in [2.24, 2.45) is 0 Å². The van der Waals surface area contributed by atoms with Crippen molar-refractivity contribution in [1.82, 2.24) is 10.6 Å². The number of nitrogens with one attached hydrogen (secondary N) is 3. The summed E-state index contributed by atoms with van der Waals surface area (Å²) in [7, 11) is 0. The van der Waals surface area contributed by atoms with Crippen LogP contribution < -0.4 is 16.0 Å². The molecule has 4 nitrogen and oxygen atoms in total. The number of carbonyl (C=O) groups excluding carboxylic acids is 1. The first kappa shape index (κ1) is 22.4. The molecular formula is C21H23BrF2IN3O. The summed E-state index contributed by atoms with van der Waals surface area (Å²) in [5, 5.41) is 9.18. The van der Waals surface area contributed by atoms with E-state index in [9.17, 15) is 13.6 Å². The smallest absolute Gasteiger partial charge is 0.253 e. The van der Waals surface area contributed by atoms with Crippen LogP contribution >= 0.6 is 38.5 Å². The average molecular weight is 578 g/mol. The number of aryl methyl sites for hydroxylation is 1. The summed E-state index contributed by atoms with van der Waals surface area (Å²) in [5.41, 5.74) is 1.38. The van der Waals surface area contributed by atoms with Gasteiger partial charge in [-0.3, -0.25) is 4.79 Å². The predicted octanol–water partition coefficient (Wildman–Crippen LogP) is 5.65. The van der Waals surface area contributed by atoms with Crippen LogP contribution in [0, 0.1) is 22.1 Å². The molecule has 2 aromatic rings. The SMILES string of the molecule is Cc1cc(I)ccc1Nc1c(C(=O)NCCC2CCCCN2)cc(Br)c(F)c1F. The van der Waals surface area contributed by atoms with Gasteiger partial charge in [0.2, 0.25) is 0 Å². The highest BCUT2D eigenvalue weighted by Crippen LogP contribution is 2.32. The maximum atomic E-state index is 14.7. The summed E-state index contributed by atoms with van der Waals surface area (Å²) < 4.78 is 29.9. The highest BCUT2D eigenvalue weighted by atomic mass is 127. The maximum Gasteiger partial charge on any atom is 0.253 e. The predicted molar refractivity (Wildman–Crippen MR) is 124 cm³/mol. The van der Waals surface area contributed by atoms with Crippen LogP contribution in [-0.2, 0) is 0 Å². The average Bonchev–Trinajstić information content (AvgIpc) is 2.70. The van der Waals surface area contributed by atoms with Crippen LogP contribution in [0.4, 0.5) is 20.2 Å². The zero-order valence-corrected chi connectivity index (χ0v) is 19.8. The highest BCUT2D eigenvalue weighted by molar-refractivity contribution is 14.1. The standard InChI is InChI=1S/C21H23BrF2IN3O/c1-12-10-13(25)5-6-17(12)28-20-15(11-16(22)18(23)19(20)24)21(29)27-9-7-14-4-2-3-8-26-14/h5-6,10-11,14,26,28H,2-4,7-9H2,1H3,(H,27,29). The molecule has 3 N–H and O–H groups in total. The van der Waals surface area contributed by atoms with Crippen LogP contribution in [-0.4, -0.2) is 25.0 Å². The molecule has 1 saturated heterocycles. The van der Waals surface area contributed by atoms with Gasteiger partial charge in [0, 0.05) is 21.8 Å². The molecule has 0 bridgehead atoms. The molecule has 1 aliphatic rings. The Hall–Kier alpha value is -1.26. The summed E-state index contributed by atoms with van der Waals surface area (Å²) >= 11 is 5.19. The lowest BCUT2D eigenvalue weighted by Crippen LogP contribution is -2.37. The van der Waals surface area contributed by atoms with Gasteiger partial charge in [-0.2, -0.15) is 0 Å². The van der Waals surface area contributed by atoms with E-state index in [-0.39, 0.29) is 15.7 Å². The van der Waals surface area contributed by atoms with E-state index in [1.54, 1.807) is 6.07 Å². The minimum absolute atomic E-state index is 0.0605. The van der Waals surface area contributed by atoms with Crippen LogP contribution in [0.2, 0.25) is 0 Å². The minimum Gasteiger partial charge on any atom is -0.352 e. The van der Waals surface area contributed by atoms with Crippen LogP contribution in [0.3, 0.4) is 0 Å². The van der Waals surface area contributed by atoms with Crippen molar-refractivity contribution in [2.45, 2.75) is 38.6 Å². The number of amides is 1. The van der Waals surface area contributed by atoms with Crippen molar-refractivity contribution >= 4 is 55.8 Å². The molecule has 1 amide bonds. The van der Waals surface area contributed by atoms with Crippen molar-refractivity contribution in [3.8, 4) is 0 Å². The second kappa shape index (κ2) is 10.2. The first-order valence-corrected chi connectivity index (χ1v) is 11.5. The fourth-order valence-corrected chi connectivity index (χ4v) is 4.47. The van der Waals surface area contributed by atoms with E-state index in [0.717, 1.165) is 28.5 Å². The van der Waals surface area contributed by atoms with Crippen LogP contribution in [0.1, 0.15) is 41.6 Å². The number of carbonyl (C=O) groups is 1. The Morgan fingerprint density at radius 1 is 1.28 bits per heavy atom. The van der Waals surface area contributed by atoms with Crippen molar-refractivity contribution < 1.29 is 13.6 Å². The topological polar surface area (TPSA) is 53.2 Å². The van der Waals surface area contributed by atoms with Gasteiger partial charge in [0.25, 0.3) is 5.91 Å². The van der Waals surface area contributed by atoms with Gasteiger partial charge >= 0.3 is 0 Å². The molecule has 8 heteroatoms. The molecule has 1 heterocycles. The minimum atomic E-state index is -1.09. The lowest BCUT2D eigenvalue weighted by Gasteiger charge is -2.23. The van der Waals surface area contributed by atoms with Crippen molar-refractivity contribution in [3.05, 3.63) is 55.1 Å². The number of hydrogen-bond acceptors (Lipinski definition) is 3. The summed E-state index contributed by atoms with van der Waals surface area (Å²) in [6, 6.07) is 7.27. The quantitative estimate of drug-likeness (QED) is 0.307. The first-order valence-electron chi connectivity index (χ1n) is 9.59. The zero-order chi connectivity index (χ0) is 21.0. The van der Waals surface area contributed by atoms with E-state index < -0.39 is 17.5 Å². The Labute approximate surface area is 191 Å². The first-order chi connectivity index (χ1) is 13.9. The third-order valence-corrected chi connectivity index (χ3v) is 6.29. The van der Waals surface area contributed by atoms with E-state index in [1.807, 2.05) is 19.1 Å². The van der Waals surface area contributed by atoms with E-state index in [1.165, 1.54) is 18.9 Å². The second-order valence-electron chi connectivity index (χ2n) is 7.18. The molecule has 0 aliphatic carbocycles. The summed E-state index contributed by atoms with van der Waals surface area (Å²) in [6.07, 6.45) is 4.25. The lowest BCUT2D eigenvalue weighted by molar-refractivity contribution is 0.0952. The molecule has 1 fully saturated rings. The lowest BCUT2D eigenvalue weighted by atomic mass is 10.0. The molecule has 1 unspecified atom stereocenters. The Morgan fingerprint density at radius 3 is 2.76 bits per heavy atom. The third kappa shape index (κ3) is 5.67. The molecule has 1 atom stereocenters. The Kier molecular flexibility index (Phi) is 7.86. The van der Waals surface area contributed by atoms with Gasteiger partial charge in [0.1, 0.15) is 0 Å². The molecule has 0 saturated carbocycles. The van der Waals surface area contributed by atoms with Gasteiger partial charge in [-0.25, -0.2) is 8.78 Å². The number of piperidine rings is 1. The molecule has 29 heavy (non-hydrogen) atoms. The highest BCUT2D eigenvalue weighted by Gasteiger charge is 2.23. The molecule has 2 aromatic carbocycles. The number of benzene rings is 2. The normalized spacial score (nSPS) is 16.5. The van der Waals surface area contributed by atoms with Crippen LogP contribution in [0.15, 0.2) is 28.7 Å². The van der Waals surface area contributed by atoms with Crippen LogP contribution in [0.5, 0.6) is 0 Å².